The number of rotatable bonds is 7. The third kappa shape index (κ3) is 4.03. The van der Waals surface area contributed by atoms with Crippen molar-refractivity contribution in [2.24, 2.45) is 0 Å². The fourth-order valence-electron chi connectivity index (χ4n) is 1.61. The van der Waals surface area contributed by atoms with E-state index in [1.54, 1.807) is 7.05 Å². The zero-order valence-corrected chi connectivity index (χ0v) is 11.4. The summed E-state index contributed by atoms with van der Waals surface area (Å²) < 4.78 is 5.49. The second-order valence-corrected chi connectivity index (χ2v) is 4.02. The van der Waals surface area contributed by atoms with Gasteiger partial charge in [0.15, 0.2) is 0 Å². The van der Waals surface area contributed by atoms with Crippen molar-refractivity contribution in [3.8, 4) is 5.75 Å². The minimum absolute atomic E-state index is 0.163. The van der Waals surface area contributed by atoms with Crippen LogP contribution in [0.4, 0.5) is 17.5 Å². The van der Waals surface area contributed by atoms with E-state index >= 15 is 0 Å². The van der Waals surface area contributed by atoms with Crippen LogP contribution in [0.1, 0.15) is 0 Å². The van der Waals surface area contributed by atoms with Crippen LogP contribution < -0.4 is 15.4 Å². The van der Waals surface area contributed by atoms with E-state index in [0.29, 0.717) is 19.1 Å². The summed E-state index contributed by atoms with van der Waals surface area (Å²) in [7, 11) is 1.64. The van der Waals surface area contributed by atoms with Crippen molar-refractivity contribution >= 4 is 17.5 Å². The average Bonchev–Trinajstić information content (AvgIpc) is 2.52. The number of benzene rings is 1. The van der Waals surface area contributed by atoms with Gasteiger partial charge in [-0.25, -0.2) is 4.98 Å². The molecule has 0 bridgehead atoms. The Balaban J connectivity index is 1.94. The lowest BCUT2D eigenvalue weighted by Crippen LogP contribution is -2.14. The summed E-state index contributed by atoms with van der Waals surface area (Å²) in [5, 5.41) is 16.5. The maximum atomic E-state index is 10.9. The molecule has 0 radical (unpaired) electrons. The number of ether oxygens (including phenoxy) is 1. The predicted octanol–water partition coefficient (Wildman–Crippen LogP) is 1.92. The number of hydrogen-bond acceptors (Lipinski definition) is 7. The van der Waals surface area contributed by atoms with E-state index < -0.39 is 4.92 Å². The minimum Gasteiger partial charge on any atom is -0.492 e. The van der Waals surface area contributed by atoms with Crippen LogP contribution in [-0.4, -0.2) is 35.1 Å². The molecule has 0 spiro atoms. The number of nitrogens with zero attached hydrogens (tertiary/aromatic N) is 3. The van der Waals surface area contributed by atoms with Crippen molar-refractivity contribution in [2.75, 3.05) is 30.8 Å². The fourth-order valence-corrected chi connectivity index (χ4v) is 1.61. The Labute approximate surface area is 121 Å². The number of para-hydroxylation sites is 1. The normalized spacial score (nSPS) is 9.95. The Bertz CT molecular complexity index is 606. The monoisotopic (exact) mass is 289 g/mol. The van der Waals surface area contributed by atoms with Crippen LogP contribution in [0.25, 0.3) is 0 Å². The van der Waals surface area contributed by atoms with Crippen molar-refractivity contribution in [3.63, 3.8) is 0 Å². The Kier molecular flexibility index (Phi) is 4.86. The molecule has 0 unspecified atom stereocenters. The molecule has 0 amide bonds. The molecule has 1 heterocycles. The van der Waals surface area contributed by atoms with E-state index in [2.05, 4.69) is 20.6 Å². The quantitative estimate of drug-likeness (QED) is 0.456. The lowest BCUT2D eigenvalue weighted by molar-refractivity contribution is -0.384. The average molecular weight is 289 g/mol. The summed E-state index contributed by atoms with van der Waals surface area (Å²) >= 11 is 0. The van der Waals surface area contributed by atoms with Crippen molar-refractivity contribution in [2.45, 2.75) is 0 Å². The zero-order chi connectivity index (χ0) is 15.1. The highest BCUT2D eigenvalue weighted by molar-refractivity contribution is 5.56. The summed E-state index contributed by atoms with van der Waals surface area (Å²) in [6.45, 7) is 0.746. The minimum atomic E-state index is -0.528. The van der Waals surface area contributed by atoms with Gasteiger partial charge >= 0.3 is 5.69 Å². The molecular weight excluding hydrogens is 274 g/mol. The second kappa shape index (κ2) is 7.04. The highest BCUT2D eigenvalue weighted by atomic mass is 16.6. The molecule has 0 aliphatic heterocycles. The molecular formula is C13H15N5O3. The first-order valence-electron chi connectivity index (χ1n) is 6.31. The summed E-state index contributed by atoms with van der Waals surface area (Å²) in [6, 6.07) is 9.32. The molecule has 21 heavy (non-hydrogen) atoms. The molecule has 0 saturated heterocycles. The molecule has 0 aliphatic rings. The molecule has 110 valence electrons. The molecule has 8 heteroatoms. The van der Waals surface area contributed by atoms with Crippen molar-refractivity contribution < 1.29 is 9.66 Å². The Morgan fingerprint density at radius 1 is 1.33 bits per heavy atom. The van der Waals surface area contributed by atoms with Crippen LogP contribution in [0.2, 0.25) is 0 Å². The van der Waals surface area contributed by atoms with Crippen molar-refractivity contribution in [1.82, 2.24) is 9.97 Å². The van der Waals surface area contributed by atoms with Crippen LogP contribution >= 0.6 is 0 Å². The fraction of sp³-hybridized carbons (Fsp3) is 0.231. The third-order valence-electron chi connectivity index (χ3n) is 2.60. The molecule has 2 N–H and O–H groups in total. The molecule has 0 fully saturated rings. The van der Waals surface area contributed by atoms with E-state index in [-0.39, 0.29) is 11.5 Å². The van der Waals surface area contributed by atoms with Gasteiger partial charge in [-0.15, -0.1) is 0 Å². The van der Waals surface area contributed by atoms with E-state index in [4.69, 9.17) is 4.74 Å². The molecule has 0 atom stereocenters. The number of anilines is 2. The predicted molar refractivity (Wildman–Crippen MR) is 78.7 cm³/mol. The van der Waals surface area contributed by atoms with Crippen LogP contribution in [0.5, 0.6) is 5.75 Å². The van der Waals surface area contributed by atoms with Gasteiger partial charge in [-0.3, -0.25) is 10.1 Å². The first-order chi connectivity index (χ1) is 10.2. The summed E-state index contributed by atoms with van der Waals surface area (Å²) in [5.74, 6) is 1.22. The standard InChI is InChI=1S/C13H15N5O3/c1-14-13-16-9-11(18(19)20)12(17-13)15-7-8-21-10-5-3-2-4-6-10/h2-6,9H,7-8H2,1H3,(H2,14,15,16,17). The number of hydrogen-bond donors (Lipinski definition) is 2. The number of nitrogens with one attached hydrogen (secondary N) is 2. The third-order valence-corrected chi connectivity index (χ3v) is 2.60. The van der Waals surface area contributed by atoms with Gasteiger partial charge in [0, 0.05) is 7.05 Å². The van der Waals surface area contributed by atoms with Crippen molar-refractivity contribution in [3.05, 3.63) is 46.6 Å². The van der Waals surface area contributed by atoms with Crippen molar-refractivity contribution in [1.29, 1.82) is 0 Å². The van der Waals surface area contributed by atoms with Gasteiger partial charge in [0.05, 0.1) is 11.5 Å². The first kappa shape index (κ1) is 14.5. The lowest BCUT2D eigenvalue weighted by Gasteiger charge is -2.09. The van der Waals surface area contributed by atoms with E-state index in [0.717, 1.165) is 5.75 Å². The highest BCUT2D eigenvalue weighted by Gasteiger charge is 2.16. The Morgan fingerprint density at radius 3 is 2.76 bits per heavy atom. The molecule has 1 aromatic heterocycles. The topological polar surface area (TPSA) is 102 Å². The van der Waals surface area contributed by atoms with Crippen LogP contribution in [0.3, 0.4) is 0 Å². The lowest BCUT2D eigenvalue weighted by atomic mass is 10.3. The summed E-state index contributed by atoms with van der Waals surface area (Å²) in [6.07, 6.45) is 1.17. The molecule has 2 aromatic rings. The molecule has 8 nitrogen and oxygen atoms in total. The van der Waals surface area contributed by atoms with E-state index in [9.17, 15) is 10.1 Å². The van der Waals surface area contributed by atoms with Gasteiger partial charge in [0.2, 0.25) is 11.8 Å². The van der Waals surface area contributed by atoms with Gasteiger partial charge in [-0.2, -0.15) is 4.98 Å². The Morgan fingerprint density at radius 2 is 2.10 bits per heavy atom. The van der Waals surface area contributed by atoms with Crippen LogP contribution in [0.15, 0.2) is 36.5 Å². The van der Waals surface area contributed by atoms with Gasteiger partial charge < -0.3 is 15.4 Å². The van der Waals surface area contributed by atoms with Gasteiger partial charge in [0.1, 0.15) is 18.6 Å². The smallest absolute Gasteiger partial charge is 0.329 e. The molecule has 1 aromatic carbocycles. The highest BCUT2D eigenvalue weighted by Crippen LogP contribution is 2.21. The van der Waals surface area contributed by atoms with Crippen LogP contribution in [-0.2, 0) is 0 Å². The largest absolute Gasteiger partial charge is 0.492 e. The SMILES string of the molecule is CNc1ncc([N+](=O)[O-])c(NCCOc2ccccc2)n1. The maximum absolute atomic E-state index is 10.9. The van der Waals surface area contributed by atoms with Gasteiger partial charge in [-0.05, 0) is 12.1 Å². The second-order valence-electron chi connectivity index (χ2n) is 4.02. The summed E-state index contributed by atoms with van der Waals surface area (Å²) in [4.78, 5) is 18.2. The van der Waals surface area contributed by atoms with E-state index in [1.165, 1.54) is 6.20 Å². The number of nitro groups is 1. The van der Waals surface area contributed by atoms with E-state index in [1.807, 2.05) is 30.3 Å². The van der Waals surface area contributed by atoms with Gasteiger partial charge in [0.25, 0.3) is 0 Å². The first-order valence-corrected chi connectivity index (χ1v) is 6.31. The molecule has 0 saturated carbocycles. The molecule has 2 rings (SSSR count). The number of aromatic nitrogens is 2. The zero-order valence-electron chi connectivity index (χ0n) is 11.4. The Hall–Kier alpha value is -2.90. The van der Waals surface area contributed by atoms with Gasteiger partial charge in [-0.1, -0.05) is 18.2 Å². The van der Waals surface area contributed by atoms with Crippen LogP contribution in [0, 0.1) is 10.1 Å². The summed E-state index contributed by atoms with van der Waals surface area (Å²) in [5.41, 5.74) is -0.172. The maximum Gasteiger partial charge on any atom is 0.329 e. The molecule has 0 aliphatic carbocycles.